The van der Waals surface area contributed by atoms with Gasteiger partial charge >= 0.3 is 0 Å². The average Bonchev–Trinajstić information content (AvgIpc) is 2.32. The van der Waals surface area contributed by atoms with E-state index in [1.165, 1.54) is 0 Å². The van der Waals surface area contributed by atoms with Gasteiger partial charge < -0.3 is 10.1 Å². The number of nitrogens with one attached hydrogen (secondary N) is 1. The van der Waals surface area contributed by atoms with Crippen molar-refractivity contribution < 1.29 is 9.53 Å². The van der Waals surface area contributed by atoms with Crippen LogP contribution in [-0.2, 0) is 0 Å². The van der Waals surface area contributed by atoms with Crippen LogP contribution in [-0.4, -0.2) is 19.4 Å². The molecule has 90 valence electrons. The quantitative estimate of drug-likeness (QED) is 0.795. The molecule has 0 radical (unpaired) electrons. The van der Waals surface area contributed by atoms with Gasteiger partial charge in [0, 0.05) is 18.3 Å². The van der Waals surface area contributed by atoms with Gasteiger partial charge in [-0.15, -0.1) is 0 Å². The molecule has 0 unspecified atom stereocenters. The molecule has 1 aromatic rings. The van der Waals surface area contributed by atoms with E-state index in [9.17, 15) is 4.79 Å². The highest BCUT2D eigenvalue weighted by Crippen LogP contribution is 2.22. The molecule has 3 nitrogen and oxygen atoms in total. The topological polar surface area (TPSA) is 38.3 Å². The molecule has 16 heavy (non-hydrogen) atoms. The first-order valence-electron chi connectivity index (χ1n) is 5.64. The lowest BCUT2D eigenvalue weighted by molar-refractivity contribution is 0.101. The van der Waals surface area contributed by atoms with Crippen molar-refractivity contribution in [1.82, 2.24) is 0 Å². The van der Waals surface area contributed by atoms with Crippen molar-refractivity contribution in [2.75, 3.05) is 19.0 Å². The minimum Gasteiger partial charge on any atom is -0.494 e. The molecule has 0 atom stereocenters. The highest BCUT2D eigenvalue weighted by molar-refractivity contribution is 5.99. The Morgan fingerprint density at radius 2 is 2.00 bits per heavy atom. The standard InChI is InChI=1S/C11H15NO2.C2H6/c1-4-14-9-5-6-11(12-3)10(7-9)8(2)13;1-2/h5-7,12H,4H2,1-3H3;1-2H3. The van der Waals surface area contributed by atoms with Gasteiger partial charge in [-0.05, 0) is 32.0 Å². The fourth-order valence-electron chi connectivity index (χ4n) is 1.29. The van der Waals surface area contributed by atoms with Gasteiger partial charge in [-0.1, -0.05) is 13.8 Å². The molecule has 1 N–H and O–H groups in total. The third kappa shape index (κ3) is 3.93. The van der Waals surface area contributed by atoms with E-state index in [1.54, 1.807) is 20.0 Å². The van der Waals surface area contributed by atoms with E-state index < -0.39 is 0 Å². The minimum absolute atomic E-state index is 0.0379. The first-order chi connectivity index (χ1) is 7.69. The molecule has 1 rings (SSSR count). The summed E-state index contributed by atoms with van der Waals surface area (Å²) in [5, 5.41) is 2.97. The minimum atomic E-state index is 0.0379. The molecule has 0 aliphatic carbocycles. The van der Waals surface area contributed by atoms with Crippen molar-refractivity contribution in [2.24, 2.45) is 0 Å². The monoisotopic (exact) mass is 223 g/mol. The third-order valence-corrected chi connectivity index (χ3v) is 1.95. The number of hydrogen-bond donors (Lipinski definition) is 1. The van der Waals surface area contributed by atoms with Crippen LogP contribution in [0.5, 0.6) is 5.75 Å². The predicted octanol–water partition coefficient (Wildman–Crippen LogP) is 3.36. The Hall–Kier alpha value is -1.51. The van der Waals surface area contributed by atoms with Crippen molar-refractivity contribution in [3.8, 4) is 5.75 Å². The maximum absolute atomic E-state index is 11.3. The number of ketones is 1. The Kier molecular flexibility index (Phi) is 7.01. The summed E-state index contributed by atoms with van der Waals surface area (Å²) >= 11 is 0. The molecule has 0 saturated carbocycles. The van der Waals surface area contributed by atoms with Gasteiger partial charge in [0.2, 0.25) is 0 Å². The molecule has 0 aliphatic heterocycles. The van der Waals surface area contributed by atoms with Crippen LogP contribution >= 0.6 is 0 Å². The van der Waals surface area contributed by atoms with Crippen LogP contribution < -0.4 is 10.1 Å². The van der Waals surface area contributed by atoms with E-state index in [0.29, 0.717) is 12.2 Å². The molecule has 0 bridgehead atoms. The Balaban J connectivity index is 0.00000106. The lowest BCUT2D eigenvalue weighted by Gasteiger charge is -2.09. The second-order valence-electron chi connectivity index (χ2n) is 2.95. The number of hydrogen-bond acceptors (Lipinski definition) is 3. The van der Waals surface area contributed by atoms with Crippen LogP contribution in [0.1, 0.15) is 38.1 Å². The number of anilines is 1. The summed E-state index contributed by atoms with van der Waals surface area (Å²) in [6.07, 6.45) is 0. The fraction of sp³-hybridized carbons (Fsp3) is 0.462. The van der Waals surface area contributed by atoms with Crippen LogP contribution in [0.2, 0.25) is 0 Å². The van der Waals surface area contributed by atoms with Gasteiger partial charge in [0.1, 0.15) is 5.75 Å². The molecule has 3 heteroatoms. The molecular weight excluding hydrogens is 202 g/mol. The second kappa shape index (κ2) is 7.74. The van der Waals surface area contributed by atoms with E-state index in [4.69, 9.17) is 4.74 Å². The first kappa shape index (κ1) is 14.5. The summed E-state index contributed by atoms with van der Waals surface area (Å²) in [6, 6.07) is 5.46. The van der Waals surface area contributed by atoms with Gasteiger partial charge in [0.15, 0.2) is 5.78 Å². The van der Waals surface area contributed by atoms with Crippen molar-refractivity contribution in [1.29, 1.82) is 0 Å². The summed E-state index contributed by atoms with van der Waals surface area (Å²) in [5.41, 5.74) is 1.50. The van der Waals surface area contributed by atoms with Crippen LogP contribution in [0.3, 0.4) is 0 Å². The third-order valence-electron chi connectivity index (χ3n) is 1.95. The summed E-state index contributed by atoms with van der Waals surface area (Å²) < 4.78 is 5.32. The number of Topliss-reactive ketones (excluding diaryl/α,β-unsaturated/α-hetero) is 1. The highest BCUT2D eigenvalue weighted by atomic mass is 16.5. The van der Waals surface area contributed by atoms with Gasteiger partial charge in [0.05, 0.1) is 6.61 Å². The average molecular weight is 223 g/mol. The van der Waals surface area contributed by atoms with Crippen molar-refractivity contribution in [3.63, 3.8) is 0 Å². The molecule has 0 saturated heterocycles. The molecule has 0 aromatic heterocycles. The molecule has 0 aliphatic rings. The normalized spacial score (nSPS) is 8.81. The number of rotatable bonds is 4. The number of carbonyl (C=O) groups excluding carboxylic acids is 1. The molecule has 1 aromatic carbocycles. The fourth-order valence-corrected chi connectivity index (χ4v) is 1.29. The van der Waals surface area contributed by atoms with E-state index in [1.807, 2.05) is 32.9 Å². The zero-order valence-corrected chi connectivity index (χ0v) is 10.8. The van der Waals surface area contributed by atoms with Crippen molar-refractivity contribution in [3.05, 3.63) is 23.8 Å². The summed E-state index contributed by atoms with van der Waals surface area (Å²) in [6.45, 7) is 8.07. The van der Waals surface area contributed by atoms with Gasteiger partial charge in [-0.2, -0.15) is 0 Å². The van der Waals surface area contributed by atoms with Crippen LogP contribution in [0.25, 0.3) is 0 Å². The molecule has 0 spiro atoms. The number of ether oxygens (including phenoxy) is 1. The molecular formula is C13H21NO2. The number of benzene rings is 1. The zero-order chi connectivity index (χ0) is 12.6. The number of carbonyl (C=O) groups is 1. The summed E-state index contributed by atoms with van der Waals surface area (Å²) in [4.78, 5) is 11.3. The summed E-state index contributed by atoms with van der Waals surface area (Å²) in [5.74, 6) is 0.771. The molecule has 0 heterocycles. The van der Waals surface area contributed by atoms with Crippen LogP contribution in [0.4, 0.5) is 5.69 Å². The lowest BCUT2D eigenvalue weighted by Crippen LogP contribution is -2.01. The lowest BCUT2D eigenvalue weighted by atomic mass is 10.1. The Bertz CT molecular complexity index is 335. The van der Waals surface area contributed by atoms with E-state index in [2.05, 4.69) is 5.32 Å². The van der Waals surface area contributed by atoms with Crippen LogP contribution in [0, 0.1) is 0 Å². The smallest absolute Gasteiger partial charge is 0.162 e. The largest absolute Gasteiger partial charge is 0.494 e. The van der Waals surface area contributed by atoms with Crippen molar-refractivity contribution >= 4 is 11.5 Å². The van der Waals surface area contributed by atoms with E-state index in [-0.39, 0.29) is 5.78 Å². The van der Waals surface area contributed by atoms with Crippen LogP contribution in [0.15, 0.2) is 18.2 Å². The maximum atomic E-state index is 11.3. The first-order valence-corrected chi connectivity index (χ1v) is 5.64. The SMILES string of the molecule is CC.CCOc1ccc(NC)c(C(C)=O)c1. The van der Waals surface area contributed by atoms with Gasteiger partial charge in [-0.3, -0.25) is 4.79 Å². The van der Waals surface area contributed by atoms with E-state index in [0.717, 1.165) is 11.4 Å². The predicted molar refractivity (Wildman–Crippen MR) is 68.5 cm³/mol. The van der Waals surface area contributed by atoms with Gasteiger partial charge in [0.25, 0.3) is 0 Å². The maximum Gasteiger partial charge on any atom is 0.162 e. The molecule has 0 fully saturated rings. The summed E-state index contributed by atoms with van der Waals surface area (Å²) in [7, 11) is 1.79. The Morgan fingerprint density at radius 3 is 2.44 bits per heavy atom. The zero-order valence-electron chi connectivity index (χ0n) is 10.8. The second-order valence-corrected chi connectivity index (χ2v) is 2.95. The van der Waals surface area contributed by atoms with Gasteiger partial charge in [-0.25, -0.2) is 0 Å². The Labute approximate surface area is 97.8 Å². The highest BCUT2D eigenvalue weighted by Gasteiger charge is 2.07. The van der Waals surface area contributed by atoms with E-state index >= 15 is 0 Å². The van der Waals surface area contributed by atoms with Crippen molar-refractivity contribution in [2.45, 2.75) is 27.7 Å². The molecule has 0 amide bonds. The Morgan fingerprint density at radius 1 is 1.38 bits per heavy atom.